The smallest absolute Gasteiger partial charge is 0.117 e. The molecule has 1 N–H and O–H groups in total. The van der Waals surface area contributed by atoms with E-state index in [0.29, 0.717) is 6.42 Å². The molecule has 0 amide bonds. The van der Waals surface area contributed by atoms with E-state index in [1.807, 2.05) is 50.5 Å². The normalized spacial score (nSPS) is 14.7. The molecule has 0 saturated carbocycles. The number of hydrogen-bond acceptors (Lipinski definition) is 2. The SMILES string of the molecule is CCC(O)(c1ccccc1)c1cnn(C)c1. The van der Waals surface area contributed by atoms with Crippen LogP contribution >= 0.6 is 0 Å². The highest BCUT2D eigenvalue weighted by Gasteiger charge is 2.30. The van der Waals surface area contributed by atoms with Crippen LogP contribution in [0.2, 0.25) is 0 Å². The van der Waals surface area contributed by atoms with Gasteiger partial charge in [0.25, 0.3) is 0 Å². The molecule has 1 unspecified atom stereocenters. The minimum atomic E-state index is -0.935. The van der Waals surface area contributed by atoms with Crippen LogP contribution in [0.4, 0.5) is 0 Å². The van der Waals surface area contributed by atoms with Gasteiger partial charge in [-0.25, -0.2) is 0 Å². The van der Waals surface area contributed by atoms with Crippen LogP contribution in [0.3, 0.4) is 0 Å². The van der Waals surface area contributed by atoms with Crippen molar-refractivity contribution in [3.8, 4) is 0 Å². The Morgan fingerprint density at radius 3 is 2.44 bits per heavy atom. The van der Waals surface area contributed by atoms with E-state index >= 15 is 0 Å². The predicted octanol–water partition coefficient (Wildman–Crippen LogP) is 2.07. The molecule has 0 radical (unpaired) electrons. The second kappa shape index (κ2) is 4.10. The molecule has 0 fully saturated rings. The topological polar surface area (TPSA) is 38.1 Å². The molecular weight excluding hydrogens is 200 g/mol. The maximum Gasteiger partial charge on any atom is 0.117 e. The minimum Gasteiger partial charge on any atom is -0.380 e. The molecule has 0 bridgehead atoms. The summed E-state index contributed by atoms with van der Waals surface area (Å²) >= 11 is 0. The quantitative estimate of drug-likeness (QED) is 0.853. The van der Waals surface area contributed by atoms with Gasteiger partial charge in [-0.15, -0.1) is 0 Å². The molecule has 2 aromatic rings. The summed E-state index contributed by atoms with van der Waals surface area (Å²) in [6, 6.07) is 9.70. The first-order valence-electron chi connectivity index (χ1n) is 5.44. The summed E-state index contributed by atoms with van der Waals surface area (Å²) < 4.78 is 1.71. The standard InChI is InChI=1S/C13H16N2O/c1-3-13(16,11-7-5-4-6-8-11)12-9-14-15(2)10-12/h4-10,16H,3H2,1-2H3. The van der Waals surface area contributed by atoms with Gasteiger partial charge in [-0.3, -0.25) is 4.68 Å². The van der Waals surface area contributed by atoms with Crippen LogP contribution in [0.5, 0.6) is 0 Å². The van der Waals surface area contributed by atoms with E-state index in [4.69, 9.17) is 0 Å². The zero-order valence-corrected chi connectivity index (χ0v) is 9.59. The Labute approximate surface area is 95.3 Å². The van der Waals surface area contributed by atoms with Crippen LogP contribution in [0, 0.1) is 0 Å². The molecule has 2 rings (SSSR count). The minimum absolute atomic E-state index is 0.628. The molecule has 1 aromatic carbocycles. The lowest BCUT2D eigenvalue weighted by molar-refractivity contribution is 0.0764. The Bertz CT molecular complexity index is 464. The van der Waals surface area contributed by atoms with E-state index in [-0.39, 0.29) is 0 Å². The van der Waals surface area contributed by atoms with Crippen LogP contribution in [-0.4, -0.2) is 14.9 Å². The number of hydrogen-bond donors (Lipinski definition) is 1. The lowest BCUT2D eigenvalue weighted by Gasteiger charge is -2.26. The van der Waals surface area contributed by atoms with Gasteiger partial charge in [-0.1, -0.05) is 37.3 Å². The van der Waals surface area contributed by atoms with Crippen LogP contribution in [-0.2, 0) is 12.6 Å². The highest BCUT2D eigenvalue weighted by atomic mass is 16.3. The molecule has 0 aliphatic rings. The highest BCUT2D eigenvalue weighted by molar-refractivity contribution is 5.33. The van der Waals surface area contributed by atoms with E-state index in [0.717, 1.165) is 11.1 Å². The molecule has 1 aromatic heterocycles. The Hall–Kier alpha value is -1.61. The molecule has 1 atom stereocenters. The molecule has 84 valence electrons. The average Bonchev–Trinajstić information content (AvgIpc) is 2.76. The first-order valence-corrected chi connectivity index (χ1v) is 5.44. The van der Waals surface area contributed by atoms with Crippen LogP contribution in [0.1, 0.15) is 24.5 Å². The predicted molar refractivity (Wildman–Crippen MR) is 62.9 cm³/mol. The second-order valence-corrected chi connectivity index (χ2v) is 3.98. The van der Waals surface area contributed by atoms with Crippen molar-refractivity contribution in [3.05, 3.63) is 53.9 Å². The van der Waals surface area contributed by atoms with Gasteiger partial charge in [0.05, 0.1) is 6.20 Å². The monoisotopic (exact) mass is 216 g/mol. The summed E-state index contributed by atoms with van der Waals surface area (Å²) in [6.07, 6.45) is 4.20. The summed E-state index contributed by atoms with van der Waals surface area (Å²) in [4.78, 5) is 0. The summed E-state index contributed by atoms with van der Waals surface area (Å²) in [5, 5.41) is 14.8. The first kappa shape index (κ1) is 10.9. The highest BCUT2D eigenvalue weighted by Crippen LogP contribution is 2.32. The lowest BCUT2D eigenvalue weighted by Crippen LogP contribution is -2.25. The Kier molecular flexibility index (Phi) is 2.79. The van der Waals surface area contributed by atoms with Gasteiger partial charge in [0.1, 0.15) is 5.60 Å². The van der Waals surface area contributed by atoms with Crippen molar-refractivity contribution in [1.29, 1.82) is 0 Å². The first-order chi connectivity index (χ1) is 7.66. The Morgan fingerprint density at radius 2 is 1.94 bits per heavy atom. The molecule has 3 heteroatoms. The third kappa shape index (κ3) is 1.74. The van der Waals surface area contributed by atoms with E-state index in [2.05, 4.69) is 5.10 Å². The summed E-state index contributed by atoms with van der Waals surface area (Å²) in [5.74, 6) is 0. The van der Waals surface area contributed by atoms with Crippen molar-refractivity contribution >= 4 is 0 Å². The number of aromatic nitrogens is 2. The zero-order valence-electron chi connectivity index (χ0n) is 9.59. The van der Waals surface area contributed by atoms with Gasteiger partial charge >= 0.3 is 0 Å². The van der Waals surface area contributed by atoms with E-state index in [9.17, 15) is 5.11 Å². The van der Waals surface area contributed by atoms with Crippen molar-refractivity contribution in [2.24, 2.45) is 7.05 Å². The van der Waals surface area contributed by atoms with E-state index < -0.39 is 5.60 Å². The van der Waals surface area contributed by atoms with Crippen LogP contribution < -0.4 is 0 Å². The fourth-order valence-electron chi connectivity index (χ4n) is 1.92. The number of aryl methyl sites for hydroxylation is 1. The van der Waals surface area contributed by atoms with Gasteiger partial charge in [-0.2, -0.15) is 5.10 Å². The fraction of sp³-hybridized carbons (Fsp3) is 0.308. The van der Waals surface area contributed by atoms with Crippen LogP contribution in [0.25, 0.3) is 0 Å². The average molecular weight is 216 g/mol. The molecule has 0 aliphatic heterocycles. The second-order valence-electron chi connectivity index (χ2n) is 3.98. The largest absolute Gasteiger partial charge is 0.380 e. The van der Waals surface area contributed by atoms with Crippen molar-refractivity contribution in [1.82, 2.24) is 9.78 Å². The molecule has 3 nitrogen and oxygen atoms in total. The van der Waals surface area contributed by atoms with Crippen molar-refractivity contribution in [2.45, 2.75) is 18.9 Å². The van der Waals surface area contributed by atoms with Gasteiger partial charge in [0, 0.05) is 18.8 Å². The Morgan fingerprint density at radius 1 is 1.25 bits per heavy atom. The third-order valence-electron chi connectivity index (χ3n) is 2.95. The van der Waals surface area contributed by atoms with Gasteiger partial charge in [-0.05, 0) is 12.0 Å². The molecular formula is C13H16N2O. The summed E-state index contributed by atoms with van der Waals surface area (Å²) in [5.41, 5.74) is 0.810. The maximum atomic E-state index is 10.7. The molecule has 1 heterocycles. The van der Waals surface area contributed by atoms with Gasteiger partial charge in [0.2, 0.25) is 0 Å². The van der Waals surface area contributed by atoms with Crippen molar-refractivity contribution in [3.63, 3.8) is 0 Å². The number of benzene rings is 1. The fourth-order valence-corrected chi connectivity index (χ4v) is 1.92. The van der Waals surface area contributed by atoms with E-state index in [1.165, 1.54) is 0 Å². The molecule has 16 heavy (non-hydrogen) atoms. The van der Waals surface area contributed by atoms with Crippen molar-refractivity contribution in [2.75, 3.05) is 0 Å². The lowest BCUT2D eigenvalue weighted by atomic mass is 9.86. The van der Waals surface area contributed by atoms with Crippen LogP contribution in [0.15, 0.2) is 42.7 Å². The number of nitrogens with zero attached hydrogens (tertiary/aromatic N) is 2. The third-order valence-corrected chi connectivity index (χ3v) is 2.95. The van der Waals surface area contributed by atoms with Gasteiger partial charge in [0.15, 0.2) is 0 Å². The molecule has 0 aliphatic carbocycles. The maximum absolute atomic E-state index is 10.7. The van der Waals surface area contributed by atoms with Gasteiger partial charge < -0.3 is 5.11 Å². The summed E-state index contributed by atoms with van der Waals surface area (Å²) in [7, 11) is 1.85. The van der Waals surface area contributed by atoms with E-state index in [1.54, 1.807) is 10.9 Å². The molecule has 0 spiro atoms. The zero-order chi connectivity index (χ0) is 11.6. The number of aliphatic hydroxyl groups is 1. The molecule has 0 saturated heterocycles. The Balaban J connectivity index is 2.48. The number of rotatable bonds is 3. The van der Waals surface area contributed by atoms with Crippen molar-refractivity contribution < 1.29 is 5.11 Å². The summed E-state index contributed by atoms with van der Waals surface area (Å²) in [6.45, 7) is 1.97.